The summed E-state index contributed by atoms with van der Waals surface area (Å²) in [6, 6.07) is 0. The van der Waals surface area contributed by atoms with Crippen molar-refractivity contribution >= 4 is 17.5 Å². The molecule has 1 aliphatic heterocycles. The van der Waals surface area contributed by atoms with Crippen molar-refractivity contribution in [3.8, 4) is 10.7 Å². The van der Waals surface area contributed by atoms with Gasteiger partial charge in [0.1, 0.15) is 4.88 Å². The Bertz CT molecular complexity index is 577. The van der Waals surface area contributed by atoms with Crippen LogP contribution >= 0.6 is 11.5 Å². The maximum Gasteiger partial charge on any atom is 0.245 e. The minimum absolute atomic E-state index is 0.668. The number of nitrogens with zero attached hydrogens (tertiary/aromatic N) is 5. The first kappa shape index (κ1) is 14.4. The molecule has 2 aromatic rings. The summed E-state index contributed by atoms with van der Waals surface area (Å²) in [6.45, 7) is 5.16. The third-order valence-corrected chi connectivity index (χ3v) is 4.65. The van der Waals surface area contributed by atoms with Crippen LogP contribution in [-0.2, 0) is 6.42 Å². The summed E-state index contributed by atoms with van der Waals surface area (Å²) in [7, 11) is 2.01. The topological polar surface area (TPSA) is 82.6 Å². The van der Waals surface area contributed by atoms with Crippen molar-refractivity contribution in [3.05, 3.63) is 5.69 Å². The minimum atomic E-state index is 0.668. The third-order valence-electron chi connectivity index (χ3n) is 3.87. The van der Waals surface area contributed by atoms with Gasteiger partial charge in [0.2, 0.25) is 5.95 Å². The first-order chi connectivity index (χ1) is 10.3. The number of anilines is 1. The number of nitrogens with one attached hydrogen (secondary N) is 2. The molecule has 114 valence electrons. The number of aryl methyl sites for hydroxylation is 1. The van der Waals surface area contributed by atoms with Gasteiger partial charge in [-0.15, -0.1) is 10.2 Å². The molecule has 3 heterocycles. The van der Waals surface area contributed by atoms with E-state index < -0.39 is 0 Å². The lowest BCUT2D eigenvalue weighted by atomic mass is 9.98. The van der Waals surface area contributed by atoms with E-state index in [0.29, 0.717) is 5.92 Å². The Balaban J connectivity index is 1.75. The number of rotatable bonds is 5. The van der Waals surface area contributed by atoms with Crippen molar-refractivity contribution < 1.29 is 0 Å². The lowest BCUT2D eigenvalue weighted by Gasteiger charge is -2.31. The second-order valence-electron chi connectivity index (χ2n) is 5.40. The van der Waals surface area contributed by atoms with Gasteiger partial charge in [0, 0.05) is 13.1 Å². The van der Waals surface area contributed by atoms with Gasteiger partial charge in [-0.2, -0.15) is 4.98 Å². The van der Waals surface area contributed by atoms with E-state index >= 15 is 0 Å². The molecule has 2 N–H and O–H groups in total. The number of hydrogen-bond acceptors (Lipinski definition) is 7. The molecular formula is C13H21N7S. The zero-order chi connectivity index (χ0) is 14.7. The summed E-state index contributed by atoms with van der Waals surface area (Å²) < 4.78 is 4.01. The van der Waals surface area contributed by atoms with E-state index in [1.54, 1.807) is 0 Å². The molecule has 0 radical (unpaired) electrons. The number of H-pyrrole nitrogens is 1. The average molecular weight is 307 g/mol. The normalized spacial score (nSPS) is 19.1. The lowest BCUT2D eigenvalue weighted by Crippen LogP contribution is -2.39. The highest BCUT2D eigenvalue weighted by Gasteiger charge is 2.23. The van der Waals surface area contributed by atoms with E-state index in [-0.39, 0.29) is 0 Å². The van der Waals surface area contributed by atoms with E-state index in [0.717, 1.165) is 48.4 Å². The van der Waals surface area contributed by atoms with Crippen molar-refractivity contribution in [1.82, 2.24) is 30.1 Å². The van der Waals surface area contributed by atoms with Crippen molar-refractivity contribution in [3.63, 3.8) is 0 Å². The molecule has 0 aliphatic carbocycles. The fourth-order valence-corrected chi connectivity index (χ4v) is 3.51. The van der Waals surface area contributed by atoms with Crippen LogP contribution in [0.15, 0.2) is 0 Å². The van der Waals surface area contributed by atoms with Crippen molar-refractivity contribution in [2.24, 2.45) is 5.92 Å². The van der Waals surface area contributed by atoms with Crippen LogP contribution in [0.2, 0.25) is 0 Å². The van der Waals surface area contributed by atoms with Crippen LogP contribution in [0.25, 0.3) is 10.7 Å². The summed E-state index contributed by atoms with van der Waals surface area (Å²) in [6.07, 6.45) is 3.32. The Kier molecular flexibility index (Phi) is 4.45. The van der Waals surface area contributed by atoms with Crippen molar-refractivity contribution in [1.29, 1.82) is 0 Å². The summed E-state index contributed by atoms with van der Waals surface area (Å²) in [5.74, 6) is 2.25. The van der Waals surface area contributed by atoms with Crippen LogP contribution in [0.1, 0.15) is 25.5 Å². The van der Waals surface area contributed by atoms with Gasteiger partial charge >= 0.3 is 0 Å². The molecule has 1 unspecified atom stereocenters. The quantitative estimate of drug-likeness (QED) is 0.867. The molecule has 0 amide bonds. The van der Waals surface area contributed by atoms with E-state index in [9.17, 15) is 0 Å². The zero-order valence-electron chi connectivity index (χ0n) is 12.5. The first-order valence-corrected chi connectivity index (χ1v) is 8.22. The predicted molar refractivity (Wildman–Crippen MR) is 83.5 cm³/mol. The summed E-state index contributed by atoms with van der Waals surface area (Å²) in [4.78, 5) is 7.92. The number of aromatic nitrogens is 5. The molecule has 1 atom stereocenters. The van der Waals surface area contributed by atoms with Crippen LogP contribution in [0.3, 0.4) is 0 Å². The van der Waals surface area contributed by atoms with E-state index in [2.05, 4.69) is 41.9 Å². The average Bonchev–Trinajstić information content (AvgIpc) is 3.16. The van der Waals surface area contributed by atoms with Gasteiger partial charge in [-0.1, -0.05) is 11.4 Å². The molecule has 0 saturated carbocycles. The smallest absolute Gasteiger partial charge is 0.245 e. The Morgan fingerprint density at radius 1 is 1.48 bits per heavy atom. The Morgan fingerprint density at radius 3 is 3.19 bits per heavy atom. The van der Waals surface area contributed by atoms with Crippen LogP contribution in [0, 0.1) is 5.92 Å². The molecule has 0 bridgehead atoms. The highest BCUT2D eigenvalue weighted by Crippen LogP contribution is 2.26. The SMILES string of the molecule is CCc1nnsc1-c1nc(N2CCCC(CNC)C2)n[nH]1. The zero-order valence-corrected chi connectivity index (χ0v) is 13.3. The van der Waals surface area contributed by atoms with Crippen LogP contribution in [-0.4, -0.2) is 51.5 Å². The Morgan fingerprint density at radius 2 is 2.38 bits per heavy atom. The molecule has 0 aromatic carbocycles. The fraction of sp³-hybridized carbons (Fsp3) is 0.692. The molecule has 21 heavy (non-hydrogen) atoms. The lowest BCUT2D eigenvalue weighted by molar-refractivity contribution is 0.399. The van der Waals surface area contributed by atoms with Crippen LogP contribution in [0.4, 0.5) is 5.95 Å². The molecule has 2 aromatic heterocycles. The van der Waals surface area contributed by atoms with Crippen LogP contribution < -0.4 is 10.2 Å². The molecule has 8 heteroatoms. The molecule has 1 aliphatic rings. The number of piperidine rings is 1. The third kappa shape index (κ3) is 3.06. The van der Waals surface area contributed by atoms with E-state index in [4.69, 9.17) is 0 Å². The van der Waals surface area contributed by atoms with Crippen molar-refractivity contribution in [2.75, 3.05) is 31.6 Å². The summed E-state index contributed by atoms with van der Waals surface area (Å²) in [5.41, 5.74) is 0.981. The maximum atomic E-state index is 4.65. The minimum Gasteiger partial charge on any atom is -0.339 e. The van der Waals surface area contributed by atoms with Gasteiger partial charge in [0.25, 0.3) is 0 Å². The van der Waals surface area contributed by atoms with E-state index in [1.807, 2.05) is 7.05 Å². The molecule has 1 saturated heterocycles. The Hall–Kier alpha value is -1.54. The van der Waals surface area contributed by atoms with Gasteiger partial charge in [0.05, 0.1) is 5.69 Å². The maximum absolute atomic E-state index is 4.65. The largest absolute Gasteiger partial charge is 0.339 e. The Labute approximate surface area is 128 Å². The molecular weight excluding hydrogens is 286 g/mol. The highest BCUT2D eigenvalue weighted by molar-refractivity contribution is 7.09. The van der Waals surface area contributed by atoms with Crippen LogP contribution in [0.5, 0.6) is 0 Å². The second kappa shape index (κ2) is 6.48. The highest BCUT2D eigenvalue weighted by atomic mass is 32.1. The molecule has 0 spiro atoms. The van der Waals surface area contributed by atoms with Gasteiger partial charge in [-0.3, -0.25) is 5.10 Å². The standard InChI is InChI=1S/C13H21N7S/c1-3-10-11(21-19-16-10)12-15-13(18-17-12)20-6-4-5-9(8-20)7-14-2/h9,14H,3-8H2,1-2H3,(H,15,17,18). The number of hydrogen-bond donors (Lipinski definition) is 2. The van der Waals surface area contributed by atoms with E-state index in [1.165, 1.54) is 24.4 Å². The van der Waals surface area contributed by atoms with Gasteiger partial charge in [0.15, 0.2) is 5.82 Å². The molecule has 7 nitrogen and oxygen atoms in total. The van der Waals surface area contributed by atoms with Gasteiger partial charge in [-0.05, 0) is 50.3 Å². The van der Waals surface area contributed by atoms with Gasteiger partial charge in [-0.25, -0.2) is 0 Å². The number of aromatic amines is 1. The first-order valence-electron chi connectivity index (χ1n) is 7.45. The van der Waals surface area contributed by atoms with Gasteiger partial charge < -0.3 is 10.2 Å². The fourth-order valence-electron chi connectivity index (χ4n) is 2.82. The van der Waals surface area contributed by atoms with Crippen molar-refractivity contribution in [2.45, 2.75) is 26.2 Å². The summed E-state index contributed by atoms with van der Waals surface area (Å²) in [5, 5.41) is 14.8. The predicted octanol–water partition coefficient (Wildman–Crippen LogP) is 1.32. The second-order valence-corrected chi connectivity index (χ2v) is 6.15. The summed E-state index contributed by atoms with van der Waals surface area (Å²) >= 11 is 1.37. The monoisotopic (exact) mass is 307 g/mol. The molecule has 3 rings (SSSR count). The molecule has 1 fully saturated rings.